The minimum atomic E-state index is -0.134. The van der Waals surface area contributed by atoms with Gasteiger partial charge in [0.15, 0.2) is 0 Å². The first-order chi connectivity index (χ1) is 20.0. The van der Waals surface area contributed by atoms with Gasteiger partial charge in [0.05, 0.1) is 22.3 Å². The van der Waals surface area contributed by atoms with E-state index in [4.69, 9.17) is 0 Å². The molecule has 2 aromatic carbocycles. The van der Waals surface area contributed by atoms with Crippen molar-refractivity contribution in [2.24, 2.45) is 0 Å². The molecule has 0 radical (unpaired) electrons. The minimum absolute atomic E-state index is 0.0230. The number of hydrogen-bond acceptors (Lipinski definition) is 6. The van der Waals surface area contributed by atoms with E-state index in [-0.39, 0.29) is 44.0 Å². The molecule has 0 aromatic heterocycles. The summed E-state index contributed by atoms with van der Waals surface area (Å²) in [7, 11) is 0. The van der Waals surface area contributed by atoms with Crippen molar-refractivity contribution < 1.29 is 19.8 Å². The third kappa shape index (κ3) is 8.90. The fourth-order valence-electron chi connectivity index (χ4n) is 5.45. The standard InChI is InChI=1S/2C18H27NO2S/c2*1-17(2,3)12-7-11(9-14-16(21)19-10-22-14)8-13(15(12)20)18(4,5)6/h2*7-8,14,20H,9-10H2,1-6H3,(H,19,21)/t2*14-/m10/s1. The lowest BCUT2D eigenvalue weighted by Crippen LogP contribution is -2.24. The maximum atomic E-state index is 11.8. The van der Waals surface area contributed by atoms with Crippen LogP contribution in [0.25, 0.3) is 0 Å². The van der Waals surface area contributed by atoms with Crippen molar-refractivity contribution in [2.75, 3.05) is 11.8 Å². The van der Waals surface area contributed by atoms with Crippen molar-refractivity contribution in [1.82, 2.24) is 10.6 Å². The van der Waals surface area contributed by atoms with E-state index in [1.54, 1.807) is 23.5 Å². The Bertz CT molecular complexity index is 1200. The van der Waals surface area contributed by atoms with Crippen LogP contribution in [-0.4, -0.2) is 44.3 Å². The molecule has 4 rings (SSSR count). The zero-order chi connectivity index (χ0) is 33.4. The molecule has 44 heavy (non-hydrogen) atoms. The van der Waals surface area contributed by atoms with Crippen LogP contribution in [0.4, 0.5) is 0 Å². The molecule has 0 spiro atoms. The van der Waals surface area contributed by atoms with Crippen LogP contribution in [0.5, 0.6) is 11.5 Å². The first-order valence-corrected chi connectivity index (χ1v) is 17.6. The van der Waals surface area contributed by atoms with Crippen LogP contribution in [0.3, 0.4) is 0 Å². The molecular weight excluding hydrogens is 589 g/mol. The normalized spacial score (nSPS) is 19.4. The lowest BCUT2D eigenvalue weighted by molar-refractivity contribution is -0.120. The molecule has 2 amide bonds. The van der Waals surface area contributed by atoms with Crippen molar-refractivity contribution in [3.63, 3.8) is 0 Å². The number of carbonyl (C=O) groups excluding carboxylic acids is 2. The molecule has 0 aliphatic carbocycles. The number of phenolic OH excluding ortho intramolecular Hbond substituents is 2. The molecular formula is C36H54N2O4S2. The van der Waals surface area contributed by atoms with Gasteiger partial charge in [0.2, 0.25) is 11.8 Å². The summed E-state index contributed by atoms with van der Waals surface area (Å²) in [6.07, 6.45) is 1.42. The Hall–Kier alpha value is -2.32. The summed E-state index contributed by atoms with van der Waals surface area (Å²) in [5.41, 5.74) is 5.55. The van der Waals surface area contributed by atoms with Gasteiger partial charge in [-0.3, -0.25) is 9.59 Å². The molecule has 2 heterocycles. The van der Waals surface area contributed by atoms with Gasteiger partial charge in [-0.25, -0.2) is 0 Å². The monoisotopic (exact) mass is 642 g/mol. The predicted octanol–water partition coefficient (Wildman–Crippen LogP) is 7.44. The molecule has 6 nitrogen and oxygen atoms in total. The van der Waals surface area contributed by atoms with E-state index in [0.29, 0.717) is 36.1 Å². The van der Waals surface area contributed by atoms with Crippen molar-refractivity contribution in [3.8, 4) is 11.5 Å². The van der Waals surface area contributed by atoms with Gasteiger partial charge in [-0.1, -0.05) is 107 Å². The van der Waals surface area contributed by atoms with Gasteiger partial charge >= 0.3 is 0 Å². The van der Waals surface area contributed by atoms with Crippen LogP contribution >= 0.6 is 23.5 Å². The van der Waals surface area contributed by atoms with Gasteiger partial charge in [-0.15, -0.1) is 23.5 Å². The summed E-state index contributed by atoms with van der Waals surface area (Å²) < 4.78 is 0. The lowest BCUT2D eigenvalue weighted by atomic mass is 9.78. The van der Waals surface area contributed by atoms with Crippen molar-refractivity contribution >= 4 is 35.3 Å². The largest absolute Gasteiger partial charge is 0.507 e. The Kier molecular flexibility index (Phi) is 10.8. The van der Waals surface area contributed by atoms with Crippen LogP contribution in [-0.2, 0) is 44.1 Å². The second kappa shape index (κ2) is 13.2. The molecule has 2 aliphatic heterocycles. The van der Waals surface area contributed by atoms with Crippen LogP contribution in [0, 0.1) is 0 Å². The van der Waals surface area contributed by atoms with Gasteiger partial charge in [0.25, 0.3) is 0 Å². The average Bonchev–Trinajstić information content (AvgIpc) is 3.45. The average molecular weight is 643 g/mol. The van der Waals surface area contributed by atoms with E-state index in [1.807, 2.05) is 0 Å². The van der Waals surface area contributed by atoms with Gasteiger partial charge in [-0.2, -0.15) is 0 Å². The van der Waals surface area contributed by atoms with E-state index in [0.717, 1.165) is 33.4 Å². The zero-order valence-electron chi connectivity index (χ0n) is 28.8. The maximum Gasteiger partial charge on any atom is 0.234 e. The lowest BCUT2D eigenvalue weighted by Gasteiger charge is -2.28. The molecule has 2 fully saturated rings. The van der Waals surface area contributed by atoms with E-state index in [2.05, 4.69) is 118 Å². The zero-order valence-corrected chi connectivity index (χ0v) is 30.5. The highest BCUT2D eigenvalue weighted by atomic mass is 32.2. The van der Waals surface area contributed by atoms with Crippen molar-refractivity contribution in [2.45, 2.75) is 128 Å². The molecule has 2 aliphatic rings. The number of benzene rings is 2. The number of thioether (sulfide) groups is 2. The second-order valence-corrected chi connectivity index (χ2v) is 18.6. The Morgan fingerprint density at radius 3 is 1.00 bits per heavy atom. The quantitative estimate of drug-likeness (QED) is 0.277. The number of hydrogen-bond donors (Lipinski definition) is 4. The van der Waals surface area contributed by atoms with Crippen molar-refractivity contribution in [3.05, 3.63) is 57.6 Å². The van der Waals surface area contributed by atoms with Crippen LogP contribution < -0.4 is 10.6 Å². The summed E-state index contributed by atoms with van der Waals surface area (Å²) >= 11 is 3.31. The van der Waals surface area contributed by atoms with Crippen LogP contribution in [0.15, 0.2) is 24.3 Å². The van der Waals surface area contributed by atoms with Crippen molar-refractivity contribution in [1.29, 1.82) is 0 Å². The van der Waals surface area contributed by atoms with Gasteiger partial charge in [0, 0.05) is 0 Å². The highest BCUT2D eigenvalue weighted by Gasteiger charge is 2.31. The van der Waals surface area contributed by atoms with Gasteiger partial charge < -0.3 is 20.8 Å². The number of rotatable bonds is 4. The second-order valence-electron chi connectivity index (χ2n) is 16.2. The van der Waals surface area contributed by atoms with Gasteiger partial charge in [-0.05, 0) is 67.9 Å². The number of nitrogens with one attached hydrogen (secondary N) is 2. The topological polar surface area (TPSA) is 98.7 Å². The Morgan fingerprint density at radius 2 is 0.818 bits per heavy atom. The molecule has 8 heteroatoms. The summed E-state index contributed by atoms with van der Waals surface area (Å²) in [6.45, 7) is 25.3. The van der Waals surface area contributed by atoms with E-state index >= 15 is 0 Å². The fourth-order valence-corrected chi connectivity index (χ4v) is 7.39. The number of aromatic hydroxyl groups is 2. The summed E-state index contributed by atoms with van der Waals surface area (Å²) in [5, 5.41) is 27.1. The third-order valence-corrected chi connectivity index (χ3v) is 10.2. The maximum absolute atomic E-state index is 11.8. The first kappa shape index (κ1) is 36.2. The molecule has 0 unspecified atom stereocenters. The molecule has 4 N–H and O–H groups in total. The molecule has 2 atom stereocenters. The smallest absolute Gasteiger partial charge is 0.234 e. The molecule has 2 saturated heterocycles. The molecule has 0 bridgehead atoms. The van der Waals surface area contributed by atoms with Crippen LogP contribution in [0.2, 0.25) is 0 Å². The van der Waals surface area contributed by atoms with E-state index < -0.39 is 0 Å². The number of amides is 2. The van der Waals surface area contributed by atoms with E-state index in [9.17, 15) is 19.8 Å². The predicted molar refractivity (Wildman–Crippen MR) is 187 cm³/mol. The first-order valence-electron chi connectivity index (χ1n) is 15.5. The van der Waals surface area contributed by atoms with Crippen LogP contribution in [0.1, 0.15) is 116 Å². The summed E-state index contributed by atoms with van der Waals surface area (Å²) in [4.78, 5) is 23.7. The highest BCUT2D eigenvalue weighted by molar-refractivity contribution is 8.01. The third-order valence-electron chi connectivity index (χ3n) is 8.06. The highest BCUT2D eigenvalue weighted by Crippen LogP contribution is 2.42. The Morgan fingerprint density at radius 1 is 0.568 bits per heavy atom. The van der Waals surface area contributed by atoms with Gasteiger partial charge in [0.1, 0.15) is 11.5 Å². The SMILES string of the molecule is CC(C)(C)c1cc(C[C@@H]2SCNC2=O)cc(C(C)(C)C)c1O.CC(C)(C)c1cc(C[C@H]2SCNC2=O)cc(C(C)(C)C)c1O. The molecule has 2 aromatic rings. The minimum Gasteiger partial charge on any atom is -0.507 e. The van der Waals surface area contributed by atoms with E-state index in [1.165, 1.54) is 0 Å². The molecule has 0 saturated carbocycles. The fraction of sp³-hybridized carbons (Fsp3) is 0.611. The Balaban J connectivity index is 0.000000240. The number of carbonyl (C=O) groups is 2. The summed E-state index contributed by atoms with van der Waals surface area (Å²) in [5.74, 6) is 2.42. The molecule has 244 valence electrons. The Labute approximate surface area is 273 Å². The number of phenols is 2. The summed E-state index contributed by atoms with van der Waals surface area (Å²) in [6, 6.07) is 8.26.